The van der Waals surface area contributed by atoms with Gasteiger partial charge in [-0.1, -0.05) is 41.4 Å². The van der Waals surface area contributed by atoms with E-state index >= 15 is 0 Å². The number of rotatable bonds is 5. The predicted molar refractivity (Wildman–Crippen MR) is 144 cm³/mol. The number of carbonyl (C=O) groups excluding carboxylic acids is 1. The van der Waals surface area contributed by atoms with Crippen molar-refractivity contribution in [2.45, 2.75) is 13.1 Å². The van der Waals surface area contributed by atoms with Crippen molar-refractivity contribution in [2.75, 3.05) is 12.0 Å². The van der Waals surface area contributed by atoms with Crippen LogP contribution in [0.3, 0.4) is 0 Å². The molecule has 0 spiro atoms. The van der Waals surface area contributed by atoms with E-state index in [2.05, 4.69) is 15.9 Å². The maximum Gasteiger partial charge on any atom is 0.329 e. The second-order valence-corrected chi connectivity index (χ2v) is 9.82. The number of benzene rings is 3. The molecule has 2 heterocycles. The fourth-order valence-corrected chi connectivity index (χ4v) is 5.19. The molecule has 2 amide bonds. The monoisotopic (exact) mass is 585 g/mol. The molecule has 0 atom stereocenters. The zero-order valence-corrected chi connectivity index (χ0v) is 22.1. The number of ether oxygens (including phenoxy) is 1. The number of amides is 2. The molecule has 0 unspecified atom stereocenters. The fourth-order valence-electron chi connectivity index (χ4n) is 4.23. The van der Waals surface area contributed by atoms with Crippen molar-refractivity contribution >= 4 is 56.5 Å². The maximum absolute atomic E-state index is 13.9. The molecule has 1 aliphatic heterocycles. The molecule has 0 N–H and O–H groups in total. The molecule has 3 aromatic carbocycles. The van der Waals surface area contributed by atoms with E-state index < -0.39 is 0 Å². The minimum Gasteiger partial charge on any atom is -0.497 e. The Kier molecular flexibility index (Phi) is 6.88. The van der Waals surface area contributed by atoms with Crippen LogP contribution in [0.2, 0.25) is 10.0 Å². The van der Waals surface area contributed by atoms with Crippen LogP contribution in [0.4, 0.5) is 20.6 Å². The van der Waals surface area contributed by atoms with Gasteiger partial charge >= 0.3 is 6.03 Å². The molecule has 5 rings (SSSR count). The van der Waals surface area contributed by atoms with E-state index in [9.17, 15) is 9.18 Å². The minimum atomic E-state index is -0.344. The van der Waals surface area contributed by atoms with E-state index in [1.807, 2.05) is 24.3 Å². The summed E-state index contributed by atoms with van der Waals surface area (Å²) in [7, 11) is 1.60. The SMILES string of the molecule is COc1ccc(CN2Cc3c(cc(Br)nc3-c3ccc(F)cc3)N(c3c(Cl)cccc3Cl)C2=O)cc1. The van der Waals surface area contributed by atoms with Crippen molar-refractivity contribution in [3.8, 4) is 17.0 Å². The van der Waals surface area contributed by atoms with E-state index in [4.69, 9.17) is 32.9 Å². The molecule has 36 heavy (non-hydrogen) atoms. The molecule has 0 fully saturated rings. The lowest BCUT2D eigenvalue weighted by Crippen LogP contribution is -2.44. The second kappa shape index (κ2) is 10.1. The molecule has 0 aliphatic carbocycles. The van der Waals surface area contributed by atoms with Crippen LogP contribution in [0.15, 0.2) is 77.4 Å². The topological polar surface area (TPSA) is 45.7 Å². The number of pyridine rings is 1. The predicted octanol–water partition coefficient (Wildman–Crippen LogP) is 8.24. The summed E-state index contributed by atoms with van der Waals surface area (Å²) in [5.41, 5.74) is 4.04. The van der Waals surface area contributed by atoms with Crippen molar-refractivity contribution in [1.29, 1.82) is 0 Å². The molecule has 1 aromatic heterocycles. The van der Waals surface area contributed by atoms with Crippen LogP contribution < -0.4 is 9.64 Å². The summed E-state index contributed by atoms with van der Waals surface area (Å²) in [5.74, 6) is 0.384. The highest BCUT2D eigenvalue weighted by molar-refractivity contribution is 9.10. The van der Waals surface area contributed by atoms with Crippen molar-refractivity contribution in [3.63, 3.8) is 0 Å². The molecular formula is C27H19BrCl2FN3O2. The van der Waals surface area contributed by atoms with Gasteiger partial charge in [-0.2, -0.15) is 0 Å². The summed E-state index contributed by atoms with van der Waals surface area (Å²) >= 11 is 16.6. The highest BCUT2D eigenvalue weighted by atomic mass is 79.9. The molecule has 0 bridgehead atoms. The van der Waals surface area contributed by atoms with Gasteiger partial charge in [0.1, 0.15) is 16.2 Å². The Balaban J connectivity index is 1.68. The molecule has 0 saturated heterocycles. The Bertz CT molecular complexity index is 1430. The van der Waals surface area contributed by atoms with Crippen LogP contribution in [0.25, 0.3) is 11.3 Å². The first kappa shape index (κ1) is 24.6. The first-order valence-electron chi connectivity index (χ1n) is 11.0. The number of methoxy groups -OCH3 is 1. The number of aromatic nitrogens is 1. The van der Waals surface area contributed by atoms with Crippen molar-refractivity contribution in [3.05, 3.63) is 104 Å². The Labute approximate surface area is 226 Å². The van der Waals surface area contributed by atoms with Crippen molar-refractivity contribution in [2.24, 2.45) is 0 Å². The van der Waals surface area contributed by atoms with Gasteiger partial charge < -0.3 is 9.64 Å². The van der Waals surface area contributed by atoms with Gasteiger partial charge in [-0.05, 0) is 76.1 Å². The zero-order valence-electron chi connectivity index (χ0n) is 19.0. The van der Waals surface area contributed by atoms with Crippen molar-refractivity contribution < 1.29 is 13.9 Å². The summed E-state index contributed by atoms with van der Waals surface area (Å²) in [6.07, 6.45) is 0. The van der Waals surface area contributed by atoms with E-state index in [0.717, 1.165) is 22.4 Å². The summed E-state index contributed by atoms with van der Waals surface area (Å²) in [6, 6.07) is 20.2. The average molecular weight is 587 g/mol. The van der Waals surface area contributed by atoms with Crippen LogP contribution in [0.5, 0.6) is 5.75 Å². The normalized spacial score (nSPS) is 13.1. The fraction of sp³-hybridized carbons (Fsp3) is 0.111. The number of halogens is 4. The van der Waals surface area contributed by atoms with Crippen LogP contribution in [-0.4, -0.2) is 23.0 Å². The van der Waals surface area contributed by atoms with Gasteiger partial charge in [0.25, 0.3) is 0 Å². The van der Waals surface area contributed by atoms with Crippen LogP contribution in [0, 0.1) is 5.82 Å². The third-order valence-corrected chi connectivity index (χ3v) is 6.95. The Morgan fingerprint density at radius 3 is 2.33 bits per heavy atom. The number of anilines is 2. The second-order valence-electron chi connectivity index (χ2n) is 8.19. The van der Waals surface area contributed by atoms with Gasteiger partial charge in [0, 0.05) is 17.7 Å². The third kappa shape index (κ3) is 4.66. The Morgan fingerprint density at radius 1 is 1.03 bits per heavy atom. The molecular weight excluding hydrogens is 568 g/mol. The smallest absolute Gasteiger partial charge is 0.329 e. The van der Waals surface area contributed by atoms with E-state index in [1.54, 1.807) is 48.4 Å². The lowest BCUT2D eigenvalue weighted by molar-refractivity contribution is 0.198. The van der Waals surface area contributed by atoms with Gasteiger partial charge in [0.05, 0.1) is 40.8 Å². The number of hydrogen-bond donors (Lipinski definition) is 0. The quantitative estimate of drug-likeness (QED) is 0.221. The van der Waals surface area contributed by atoms with E-state index in [0.29, 0.717) is 38.3 Å². The first-order chi connectivity index (χ1) is 17.4. The molecule has 0 radical (unpaired) electrons. The van der Waals surface area contributed by atoms with Gasteiger partial charge in [0.2, 0.25) is 0 Å². The van der Waals surface area contributed by atoms with Gasteiger partial charge in [-0.15, -0.1) is 0 Å². The number of para-hydroxylation sites is 1. The van der Waals surface area contributed by atoms with E-state index in [-0.39, 0.29) is 18.4 Å². The molecule has 182 valence electrons. The molecule has 5 nitrogen and oxygen atoms in total. The van der Waals surface area contributed by atoms with Gasteiger partial charge in [0.15, 0.2) is 0 Å². The summed E-state index contributed by atoms with van der Waals surface area (Å²) in [5, 5.41) is 0.675. The van der Waals surface area contributed by atoms with Crippen LogP contribution >= 0.6 is 39.1 Å². The average Bonchev–Trinajstić information content (AvgIpc) is 2.87. The maximum atomic E-state index is 13.9. The van der Waals surface area contributed by atoms with Crippen LogP contribution in [0.1, 0.15) is 11.1 Å². The number of hydrogen-bond acceptors (Lipinski definition) is 3. The largest absolute Gasteiger partial charge is 0.497 e. The Hall–Kier alpha value is -3.13. The zero-order chi connectivity index (χ0) is 25.4. The standard InChI is InChI=1S/C27H19BrCl2FN3O2/c1-36-19-11-5-16(6-12-19)14-33-15-20-23(34(27(33)35)26-21(29)3-2-4-22(26)30)13-24(28)32-25(20)17-7-9-18(31)10-8-17/h2-13H,14-15H2,1H3. The van der Waals surface area contributed by atoms with Crippen molar-refractivity contribution in [1.82, 2.24) is 9.88 Å². The van der Waals surface area contributed by atoms with Gasteiger partial charge in [-0.25, -0.2) is 14.2 Å². The number of fused-ring (bicyclic) bond motifs is 1. The highest BCUT2D eigenvalue weighted by Crippen LogP contribution is 2.45. The summed E-state index contributed by atoms with van der Waals surface area (Å²) in [4.78, 5) is 21.9. The van der Waals surface area contributed by atoms with Gasteiger partial charge in [-0.3, -0.25) is 4.90 Å². The Morgan fingerprint density at radius 2 is 1.69 bits per heavy atom. The van der Waals surface area contributed by atoms with E-state index in [1.165, 1.54) is 17.0 Å². The highest BCUT2D eigenvalue weighted by Gasteiger charge is 2.36. The molecule has 1 aliphatic rings. The molecule has 9 heteroatoms. The first-order valence-corrected chi connectivity index (χ1v) is 12.5. The summed E-state index contributed by atoms with van der Waals surface area (Å²) in [6.45, 7) is 0.617. The lowest BCUT2D eigenvalue weighted by Gasteiger charge is -2.38. The lowest BCUT2D eigenvalue weighted by atomic mass is 10.0. The molecule has 0 saturated carbocycles. The third-order valence-electron chi connectivity index (χ3n) is 5.93. The number of urea groups is 1. The van der Waals surface area contributed by atoms with Crippen LogP contribution in [-0.2, 0) is 13.1 Å². The number of nitrogens with zero attached hydrogens (tertiary/aromatic N) is 3. The summed E-state index contributed by atoms with van der Waals surface area (Å²) < 4.78 is 19.4. The molecule has 4 aromatic rings. The number of carbonyl (C=O) groups is 1. The minimum absolute atomic E-state index is 0.281.